The van der Waals surface area contributed by atoms with Crippen LogP contribution in [0.1, 0.15) is 296 Å². The van der Waals surface area contributed by atoms with Crippen LogP contribution in [0.15, 0.2) is 72.9 Å². The molecule has 0 aliphatic rings. The molecule has 0 aromatic heterocycles. The molecule has 2 N–H and O–H groups in total. The third-order valence-corrected chi connectivity index (χ3v) is 15.4. The molecule has 0 aliphatic carbocycles. The van der Waals surface area contributed by atoms with E-state index in [1.165, 1.54) is 205 Å². The van der Waals surface area contributed by atoms with E-state index in [-0.39, 0.29) is 19.1 Å². The van der Waals surface area contributed by atoms with Crippen molar-refractivity contribution in [2.24, 2.45) is 0 Å². The summed E-state index contributed by atoms with van der Waals surface area (Å²) in [6.07, 6.45) is 80.0. The Hall–Kier alpha value is -2.06. The topological polar surface area (TPSA) is 108 Å². The van der Waals surface area contributed by atoms with Crippen LogP contribution < -0.4 is 10.2 Å². The van der Waals surface area contributed by atoms with Gasteiger partial charge in [-0.25, -0.2) is 0 Å². The molecule has 3 unspecified atom stereocenters. The van der Waals surface area contributed by atoms with Crippen molar-refractivity contribution in [3.05, 3.63) is 72.9 Å². The molecule has 9 heteroatoms. The van der Waals surface area contributed by atoms with Crippen LogP contribution in [0.3, 0.4) is 0 Å². The first-order valence-electron chi connectivity index (χ1n) is 32.3. The molecule has 0 spiro atoms. The Morgan fingerprint density at radius 3 is 1.17 bits per heavy atom. The minimum absolute atomic E-state index is 0.00107. The van der Waals surface area contributed by atoms with Gasteiger partial charge in [0.2, 0.25) is 5.91 Å². The Balaban J connectivity index is 4.04. The predicted octanol–water partition coefficient (Wildman–Crippen LogP) is 19.6. The van der Waals surface area contributed by atoms with E-state index in [0.717, 1.165) is 70.6 Å². The van der Waals surface area contributed by atoms with Gasteiger partial charge in [-0.1, -0.05) is 299 Å². The lowest BCUT2D eigenvalue weighted by Crippen LogP contribution is -2.45. The van der Waals surface area contributed by atoms with E-state index in [1.54, 1.807) is 6.08 Å². The lowest BCUT2D eigenvalue weighted by molar-refractivity contribution is -0.870. The number of hydrogen-bond acceptors (Lipinski definition) is 6. The zero-order valence-corrected chi connectivity index (χ0v) is 51.6. The number of rotatable bonds is 59. The van der Waals surface area contributed by atoms with Gasteiger partial charge < -0.3 is 28.8 Å². The third kappa shape index (κ3) is 59.6. The summed E-state index contributed by atoms with van der Waals surface area (Å²) < 4.78 is 23.4. The molecule has 0 aliphatic heterocycles. The zero-order chi connectivity index (χ0) is 55.6. The van der Waals surface area contributed by atoms with Gasteiger partial charge in [0.25, 0.3) is 7.82 Å². The van der Waals surface area contributed by atoms with E-state index >= 15 is 0 Å². The summed E-state index contributed by atoms with van der Waals surface area (Å²) in [5.41, 5.74) is 0. The molecule has 0 fully saturated rings. The maximum atomic E-state index is 13.0. The van der Waals surface area contributed by atoms with Gasteiger partial charge in [0.15, 0.2) is 0 Å². The van der Waals surface area contributed by atoms with Crippen molar-refractivity contribution in [3.63, 3.8) is 0 Å². The predicted molar refractivity (Wildman–Crippen MR) is 330 cm³/mol. The van der Waals surface area contributed by atoms with Crippen molar-refractivity contribution < 1.29 is 32.9 Å². The number of quaternary nitrogens is 1. The fraction of sp³-hybridized carbons (Fsp3) is 0.806. The van der Waals surface area contributed by atoms with Gasteiger partial charge in [0.1, 0.15) is 13.2 Å². The Labute approximate surface area is 472 Å². The molecular formula is C67H125N2O6P. The number of carbonyl (C=O) groups is 1. The first-order valence-corrected chi connectivity index (χ1v) is 33.8. The standard InChI is InChI=1S/C67H125N2O6P/c1-6-8-10-12-14-16-18-20-22-24-26-27-28-29-30-31-32-33-34-35-36-37-38-39-40-41-43-45-47-49-51-53-55-57-59-61-67(71)68-65(64-75-76(72,73)74-63-62-69(3,4)5)66(70)60-58-56-54-52-50-48-46-44-42-25-23-21-19-17-15-13-11-9-7-2/h8,10,14,16,20,22,26-27,29-30,58,60,65-66,70H,6-7,9,11-13,15,17-19,21,23-25,28,31-57,59,61-64H2,1-5H3,(H-,68,71,72,73)/b10-8-,16-14-,22-20-,27-26-,30-29-,60-58+. The molecule has 0 bridgehead atoms. The summed E-state index contributed by atoms with van der Waals surface area (Å²) >= 11 is 0. The van der Waals surface area contributed by atoms with Crippen molar-refractivity contribution in [2.45, 2.75) is 309 Å². The number of nitrogens with one attached hydrogen (secondary N) is 1. The van der Waals surface area contributed by atoms with Crippen molar-refractivity contribution in [1.82, 2.24) is 5.32 Å². The molecule has 8 nitrogen and oxygen atoms in total. The number of aliphatic hydroxyl groups excluding tert-OH is 1. The highest BCUT2D eigenvalue weighted by atomic mass is 31.2. The molecule has 0 aromatic carbocycles. The summed E-state index contributed by atoms with van der Waals surface area (Å²) in [7, 11) is 1.27. The van der Waals surface area contributed by atoms with E-state index in [2.05, 4.69) is 79.9 Å². The number of unbranched alkanes of at least 4 members (excludes halogenated alkanes) is 36. The van der Waals surface area contributed by atoms with Gasteiger partial charge in [-0.3, -0.25) is 9.36 Å². The minimum atomic E-state index is -4.60. The van der Waals surface area contributed by atoms with Gasteiger partial charge in [-0.05, 0) is 64.2 Å². The maximum Gasteiger partial charge on any atom is 0.268 e. The van der Waals surface area contributed by atoms with Gasteiger partial charge in [0, 0.05) is 6.42 Å². The molecule has 0 radical (unpaired) electrons. The van der Waals surface area contributed by atoms with E-state index in [1.807, 2.05) is 27.2 Å². The van der Waals surface area contributed by atoms with Crippen LogP contribution in [0.4, 0.5) is 0 Å². The molecular weight excluding hydrogens is 960 g/mol. The smallest absolute Gasteiger partial charge is 0.268 e. The van der Waals surface area contributed by atoms with Crippen LogP contribution in [-0.4, -0.2) is 68.5 Å². The molecule has 0 saturated heterocycles. The second-order valence-corrected chi connectivity index (χ2v) is 24.5. The van der Waals surface area contributed by atoms with E-state index in [0.29, 0.717) is 17.4 Å². The van der Waals surface area contributed by atoms with Crippen molar-refractivity contribution in [2.75, 3.05) is 40.9 Å². The Morgan fingerprint density at radius 1 is 0.474 bits per heavy atom. The second-order valence-electron chi connectivity index (χ2n) is 23.1. The first-order chi connectivity index (χ1) is 37.0. The highest BCUT2D eigenvalue weighted by Gasteiger charge is 2.23. The van der Waals surface area contributed by atoms with E-state index in [4.69, 9.17) is 9.05 Å². The van der Waals surface area contributed by atoms with Crippen molar-refractivity contribution >= 4 is 13.7 Å². The molecule has 3 atom stereocenters. The van der Waals surface area contributed by atoms with Crippen LogP contribution >= 0.6 is 7.82 Å². The largest absolute Gasteiger partial charge is 0.756 e. The van der Waals surface area contributed by atoms with Gasteiger partial charge in [-0.15, -0.1) is 0 Å². The normalized spacial score (nSPS) is 14.2. The lowest BCUT2D eigenvalue weighted by Gasteiger charge is -2.29. The summed E-state index contributed by atoms with van der Waals surface area (Å²) in [4.78, 5) is 25.6. The quantitative estimate of drug-likeness (QED) is 0.0272. The van der Waals surface area contributed by atoms with Crippen LogP contribution in [-0.2, 0) is 18.4 Å². The van der Waals surface area contributed by atoms with Gasteiger partial charge in [-0.2, -0.15) is 0 Å². The summed E-state index contributed by atoms with van der Waals surface area (Å²) in [5, 5.41) is 13.9. The van der Waals surface area contributed by atoms with Crippen LogP contribution in [0.25, 0.3) is 0 Å². The summed E-state index contributed by atoms with van der Waals surface area (Å²) in [6.45, 7) is 4.57. The Bertz CT molecular complexity index is 1470. The maximum absolute atomic E-state index is 13.0. The van der Waals surface area contributed by atoms with E-state index in [9.17, 15) is 19.4 Å². The first kappa shape index (κ1) is 73.9. The Kier molecular flexibility index (Phi) is 56.1. The molecule has 0 saturated carbocycles. The van der Waals surface area contributed by atoms with Crippen molar-refractivity contribution in [1.29, 1.82) is 0 Å². The number of carbonyl (C=O) groups excluding carboxylic acids is 1. The minimum Gasteiger partial charge on any atom is -0.756 e. The molecule has 1 amide bonds. The van der Waals surface area contributed by atoms with Crippen molar-refractivity contribution in [3.8, 4) is 0 Å². The number of phosphoric acid groups is 1. The number of hydrogen-bond donors (Lipinski definition) is 2. The zero-order valence-electron chi connectivity index (χ0n) is 50.7. The highest BCUT2D eigenvalue weighted by Crippen LogP contribution is 2.38. The molecule has 444 valence electrons. The summed E-state index contributed by atoms with van der Waals surface area (Å²) in [6, 6.07) is -0.888. The monoisotopic (exact) mass is 1080 g/mol. The average Bonchev–Trinajstić information content (AvgIpc) is 3.38. The number of phosphoric ester groups is 1. The van der Waals surface area contributed by atoms with E-state index < -0.39 is 20.0 Å². The third-order valence-electron chi connectivity index (χ3n) is 14.4. The number of allylic oxidation sites excluding steroid dienone is 11. The average molecular weight is 1090 g/mol. The number of amides is 1. The summed E-state index contributed by atoms with van der Waals surface area (Å²) in [5.74, 6) is -0.194. The number of likely N-dealkylation sites (N-methyl/N-ethyl adjacent to an activating group) is 1. The van der Waals surface area contributed by atoms with Gasteiger partial charge in [0.05, 0.1) is 39.9 Å². The molecule has 0 aromatic rings. The SMILES string of the molecule is CC/C=C\C/C=C\C/C=C\C/C=C\C/C=C\CCCCCCCCCCCCCCCCCCCCCC(=O)NC(COP(=O)([O-])OCC[N+](C)(C)C)C(O)/C=C/CCCCCCCCCCCCCCCCCCC. The number of nitrogens with zero attached hydrogens (tertiary/aromatic N) is 1. The molecule has 0 heterocycles. The van der Waals surface area contributed by atoms with Crippen LogP contribution in [0, 0.1) is 0 Å². The Morgan fingerprint density at radius 2 is 0.803 bits per heavy atom. The number of aliphatic hydroxyl groups is 1. The molecule has 76 heavy (non-hydrogen) atoms. The fourth-order valence-electron chi connectivity index (χ4n) is 9.42. The van der Waals surface area contributed by atoms with Crippen LogP contribution in [0.5, 0.6) is 0 Å². The van der Waals surface area contributed by atoms with Gasteiger partial charge >= 0.3 is 0 Å². The lowest BCUT2D eigenvalue weighted by atomic mass is 10.0. The second kappa shape index (κ2) is 57.6. The highest BCUT2D eigenvalue weighted by molar-refractivity contribution is 7.45. The van der Waals surface area contributed by atoms with Crippen LogP contribution in [0.2, 0.25) is 0 Å². The molecule has 0 rings (SSSR count). The fourth-order valence-corrected chi connectivity index (χ4v) is 10.1.